The van der Waals surface area contributed by atoms with Crippen LogP contribution >= 0.6 is 11.6 Å². The molecule has 5 N–H and O–H groups in total. The maximum absolute atomic E-state index is 13.1. The number of aromatic nitrogens is 3. The lowest BCUT2D eigenvalue weighted by molar-refractivity contribution is -0.135. The SMILES string of the molecule is CC(C)[C@H](NC(=O)CCCn1ccc2c(Cl)ncnc21)C(=O)N[C@@H](CCCNC(N)=O)C(=O)C(C)(C)C. The Kier molecular flexibility index (Phi) is 10.8. The number of urea groups is 1. The second-order valence-electron chi connectivity index (χ2n) is 10.4. The summed E-state index contributed by atoms with van der Waals surface area (Å²) in [6.45, 7) is 9.85. The van der Waals surface area contributed by atoms with E-state index in [9.17, 15) is 19.2 Å². The van der Waals surface area contributed by atoms with Crippen molar-refractivity contribution >= 4 is 46.3 Å². The number of carbonyl (C=O) groups is 4. The van der Waals surface area contributed by atoms with Crippen LogP contribution in [0.25, 0.3) is 11.0 Å². The zero-order valence-electron chi connectivity index (χ0n) is 22.1. The van der Waals surface area contributed by atoms with Gasteiger partial charge in [-0.25, -0.2) is 14.8 Å². The fourth-order valence-electron chi connectivity index (χ4n) is 3.91. The zero-order chi connectivity index (χ0) is 27.8. The van der Waals surface area contributed by atoms with Gasteiger partial charge < -0.3 is 26.3 Å². The Morgan fingerprint density at radius 2 is 1.81 bits per heavy atom. The molecule has 204 valence electrons. The molecule has 12 heteroatoms. The molecule has 0 saturated heterocycles. The number of nitrogens with zero attached hydrogens (tertiary/aromatic N) is 3. The van der Waals surface area contributed by atoms with Crippen LogP contribution in [0, 0.1) is 11.3 Å². The first-order chi connectivity index (χ1) is 17.3. The first kappa shape index (κ1) is 30.0. The van der Waals surface area contributed by atoms with Crippen LogP contribution in [0.3, 0.4) is 0 Å². The van der Waals surface area contributed by atoms with Gasteiger partial charge in [0.2, 0.25) is 11.8 Å². The van der Waals surface area contributed by atoms with E-state index in [-0.39, 0.29) is 24.0 Å². The number of aryl methyl sites for hydroxylation is 1. The molecule has 0 aromatic carbocycles. The van der Waals surface area contributed by atoms with Gasteiger partial charge in [0.25, 0.3) is 0 Å². The smallest absolute Gasteiger partial charge is 0.312 e. The van der Waals surface area contributed by atoms with Crippen molar-refractivity contribution in [3.05, 3.63) is 23.7 Å². The Morgan fingerprint density at radius 3 is 2.43 bits per heavy atom. The van der Waals surface area contributed by atoms with Crippen LogP contribution in [-0.4, -0.2) is 56.8 Å². The van der Waals surface area contributed by atoms with Gasteiger partial charge >= 0.3 is 6.03 Å². The van der Waals surface area contributed by atoms with E-state index < -0.39 is 29.4 Å². The van der Waals surface area contributed by atoms with Crippen molar-refractivity contribution in [2.75, 3.05) is 6.54 Å². The van der Waals surface area contributed by atoms with Gasteiger partial charge in [0, 0.05) is 31.1 Å². The maximum atomic E-state index is 13.1. The minimum absolute atomic E-state index is 0.128. The average molecular weight is 536 g/mol. The Labute approximate surface area is 222 Å². The molecule has 2 atom stereocenters. The molecule has 0 aliphatic carbocycles. The van der Waals surface area contributed by atoms with Crippen LogP contribution < -0.4 is 21.7 Å². The summed E-state index contributed by atoms with van der Waals surface area (Å²) < 4.78 is 1.90. The van der Waals surface area contributed by atoms with Gasteiger partial charge in [-0.2, -0.15) is 0 Å². The van der Waals surface area contributed by atoms with Crippen LogP contribution in [0.5, 0.6) is 0 Å². The average Bonchev–Trinajstić information content (AvgIpc) is 3.22. The third-order valence-electron chi connectivity index (χ3n) is 5.92. The Morgan fingerprint density at radius 1 is 1.11 bits per heavy atom. The van der Waals surface area contributed by atoms with E-state index in [1.54, 1.807) is 20.8 Å². The molecular formula is C25H38ClN7O4. The third-order valence-corrected chi connectivity index (χ3v) is 6.22. The molecule has 0 unspecified atom stereocenters. The van der Waals surface area contributed by atoms with Crippen molar-refractivity contribution in [1.82, 2.24) is 30.5 Å². The van der Waals surface area contributed by atoms with Gasteiger partial charge in [-0.15, -0.1) is 0 Å². The number of fused-ring (bicyclic) bond motifs is 1. The number of primary amides is 1. The van der Waals surface area contributed by atoms with E-state index >= 15 is 0 Å². The fourth-order valence-corrected chi connectivity index (χ4v) is 4.11. The van der Waals surface area contributed by atoms with E-state index in [1.165, 1.54) is 6.33 Å². The van der Waals surface area contributed by atoms with Crippen LogP contribution in [0.15, 0.2) is 18.6 Å². The molecule has 0 radical (unpaired) electrons. The second-order valence-corrected chi connectivity index (χ2v) is 10.8. The minimum Gasteiger partial charge on any atom is -0.352 e. The lowest BCUT2D eigenvalue weighted by Gasteiger charge is -2.28. The number of nitrogens with two attached hydrogens (primary N) is 1. The summed E-state index contributed by atoms with van der Waals surface area (Å²) in [5.74, 6) is -1.01. The highest BCUT2D eigenvalue weighted by Crippen LogP contribution is 2.21. The Bertz CT molecular complexity index is 1110. The minimum atomic E-state index is -0.800. The van der Waals surface area contributed by atoms with E-state index in [0.717, 1.165) is 5.39 Å². The number of amides is 4. The molecule has 0 aliphatic heterocycles. The van der Waals surface area contributed by atoms with Gasteiger partial charge in [0.15, 0.2) is 5.78 Å². The molecular weight excluding hydrogens is 498 g/mol. The summed E-state index contributed by atoms with van der Waals surface area (Å²) in [7, 11) is 0. The molecule has 2 rings (SSSR count). The van der Waals surface area contributed by atoms with Crippen molar-refractivity contribution in [1.29, 1.82) is 0 Å². The topological polar surface area (TPSA) is 161 Å². The summed E-state index contributed by atoms with van der Waals surface area (Å²) >= 11 is 6.09. The number of carbonyl (C=O) groups excluding carboxylic acids is 4. The highest BCUT2D eigenvalue weighted by molar-refractivity contribution is 6.33. The molecule has 0 bridgehead atoms. The summed E-state index contributed by atoms with van der Waals surface area (Å²) in [5, 5.41) is 9.24. The number of hydrogen-bond donors (Lipinski definition) is 4. The first-order valence-corrected chi connectivity index (χ1v) is 12.8. The Balaban J connectivity index is 1.97. The quantitative estimate of drug-likeness (QED) is 0.227. The third kappa shape index (κ3) is 8.99. The highest BCUT2D eigenvalue weighted by atomic mass is 35.5. The van der Waals surface area contributed by atoms with Crippen molar-refractivity contribution < 1.29 is 19.2 Å². The lowest BCUT2D eigenvalue weighted by atomic mass is 9.84. The van der Waals surface area contributed by atoms with Crippen molar-refractivity contribution in [2.45, 2.75) is 78.9 Å². The van der Waals surface area contributed by atoms with E-state index in [0.29, 0.717) is 43.2 Å². The van der Waals surface area contributed by atoms with E-state index in [2.05, 4.69) is 25.9 Å². The molecule has 0 fully saturated rings. The molecule has 37 heavy (non-hydrogen) atoms. The maximum Gasteiger partial charge on any atom is 0.312 e. The summed E-state index contributed by atoms with van der Waals surface area (Å²) in [6, 6.07) is -0.371. The second kappa shape index (κ2) is 13.4. The van der Waals surface area contributed by atoms with Gasteiger partial charge in [-0.1, -0.05) is 46.2 Å². The number of nitrogens with one attached hydrogen (secondary N) is 3. The predicted molar refractivity (Wildman–Crippen MR) is 142 cm³/mol. The summed E-state index contributed by atoms with van der Waals surface area (Å²) in [4.78, 5) is 57.9. The predicted octanol–water partition coefficient (Wildman–Crippen LogP) is 2.55. The molecule has 2 aromatic rings. The number of Topliss-reactive ketones (excluding diaryl/α,β-unsaturated/α-hetero) is 1. The summed E-state index contributed by atoms with van der Waals surface area (Å²) in [6.07, 6.45) is 4.77. The molecule has 2 aromatic heterocycles. The normalized spacial score (nSPS) is 13.3. The Hall–Kier alpha value is -3.21. The van der Waals surface area contributed by atoms with Gasteiger partial charge in [0.05, 0.1) is 11.4 Å². The molecule has 4 amide bonds. The van der Waals surface area contributed by atoms with Crippen LogP contribution in [0.1, 0.15) is 60.3 Å². The fraction of sp³-hybridized carbons (Fsp3) is 0.600. The number of hydrogen-bond acceptors (Lipinski definition) is 6. The largest absolute Gasteiger partial charge is 0.352 e. The molecule has 2 heterocycles. The molecule has 0 spiro atoms. The van der Waals surface area contributed by atoms with E-state index in [4.69, 9.17) is 17.3 Å². The number of ketones is 1. The number of rotatable bonds is 13. The van der Waals surface area contributed by atoms with Gasteiger partial charge in [-0.05, 0) is 31.2 Å². The first-order valence-electron chi connectivity index (χ1n) is 12.4. The highest BCUT2D eigenvalue weighted by Gasteiger charge is 2.33. The van der Waals surface area contributed by atoms with Crippen molar-refractivity contribution in [3.63, 3.8) is 0 Å². The van der Waals surface area contributed by atoms with Crippen LogP contribution in [-0.2, 0) is 20.9 Å². The van der Waals surface area contributed by atoms with Gasteiger partial charge in [-0.3, -0.25) is 14.4 Å². The standard InChI is InChI=1S/C25H38ClN7O4/c1-15(2)19(23(36)31-17(20(35)25(3,4)5)8-6-11-28-24(27)37)32-18(34)9-7-12-33-13-10-16-21(26)29-14-30-22(16)33/h10,13-15,17,19H,6-9,11-12H2,1-5H3,(H,31,36)(H,32,34)(H3,27,28,37)/t17-,19-/m0/s1. The van der Waals surface area contributed by atoms with Gasteiger partial charge in [0.1, 0.15) is 23.2 Å². The molecule has 0 saturated carbocycles. The zero-order valence-corrected chi connectivity index (χ0v) is 22.9. The monoisotopic (exact) mass is 535 g/mol. The van der Waals surface area contributed by atoms with Crippen molar-refractivity contribution in [2.24, 2.45) is 17.1 Å². The van der Waals surface area contributed by atoms with Crippen LogP contribution in [0.2, 0.25) is 5.15 Å². The summed E-state index contributed by atoms with van der Waals surface area (Å²) in [5.41, 5.74) is 5.11. The lowest BCUT2D eigenvalue weighted by Crippen LogP contribution is -2.55. The molecule has 0 aliphatic rings. The van der Waals surface area contributed by atoms with E-state index in [1.807, 2.05) is 30.7 Å². The van der Waals surface area contributed by atoms with Crippen LogP contribution in [0.4, 0.5) is 4.79 Å². The van der Waals surface area contributed by atoms with Crippen molar-refractivity contribution in [3.8, 4) is 0 Å². The molecule has 11 nitrogen and oxygen atoms in total. The number of halogens is 1.